The van der Waals surface area contributed by atoms with E-state index in [1.807, 2.05) is 23.8 Å². The number of pyridine rings is 1. The van der Waals surface area contributed by atoms with Crippen molar-refractivity contribution in [3.63, 3.8) is 0 Å². The molecule has 4 nitrogen and oxygen atoms in total. The Labute approximate surface area is 127 Å². The maximum absolute atomic E-state index is 12.4. The fourth-order valence-corrected chi connectivity index (χ4v) is 2.54. The highest BCUT2D eigenvalue weighted by Gasteiger charge is 2.14. The van der Waals surface area contributed by atoms with Gasteiger partial charge in [-0.3, -0.25) is 9.78 Å². The maximum Gasteiger partial charge on any atom is 0.253 e. The summed E-state index contributed by atoms with van der Waals surface area (Å²) in [4.78, 5) is 16.3. The van der Waals surface area contributed by atoms with Gasteiger partial charge in [0.25, 0.3) is 5.91 Å². The molecule has 2 aromatic rings. The number of aliphatic hydroxyl groups is 1. The molecule has 2 N–H and O–H groups in total. The van der Waals surface area contributed by atoms with Crippen molar-refractivity contribution in [3.05, 3.63) is 52.0 Å². The molecular formula is C16H16N2O2S. The van der Waals surface area contributed by atoms with E-state index in [2.05, 4.69) is 22.1 Å². The number of amides is 1. The molecule has 0 aromatic carbocycles. The van der Waals surface area contributed by atoms with Crippen LogP contribution in [0.2, 0.25) is 0 Å². The molecule has 0 saturated heterocycles. The van der Waals surface area contributed by atoms with Gasteiger partial charge in [0, 0.05) is 18.8 Å². The molecule has 2 rings (SSSR count). The molecule has 0 radical (unpaired) electrons. The highest BCUT2D eigenvalue weighted by molar-refractivity contribution is 7.07. The Morgan fingerprint density at radius 3 is 3.10 bits per heavy atom. The molecule has 0 fully saturated rings. The minimum Gasteiger partial charge on any atom is -0.395 e. The summed E-state index contributed by atoms with van der Waals surface area (Å²) in [7, 11) is 0. The van der Waals surface area contributed by atoms with Gasteiger partial charge in [0.15, 0.2) is 0 Å². The third kappa shape index (κ3) is 4.15. The van der Waals surface area contributed by atoms with Crippen molar-refractivity contribution in [2.24, 2.45) is 0 Å². The number of thiophene rings is 1. The zero-order chi connectivity index (χ0) is 15.1. The second kappa shape index (κ2) is 7.58. The lowest BCUT2D eigenvalue weighted by atomic mass is 10.1. The SMILES string of the molecule is CC(NC(=O)c1ccncc1C#CCCO)c1ccsc1. The first-order valence-corrected chi connectivity index (χ1v) is 7.53. The fourth-order valence-electron chi connectivity index (χ4n) is 1.78. The summed E-state index contributed by atoms with van der Waals surface area (Å²) in [5.74, 6) is 5.50. The summed E-state index contributed by atoms with van der Waals surface area (Å²) in [5.41, 5.74) is 2.15. The molecule has 0 aliphatic heterocycles. The quantitative estimate of drug-likeness (QED) is 0.852. The molecule has 2 heterocycles. The van der Waals surface area contributed by atoms with Gasteiger partial charge in [-0.2, -0.15) is 11.3 Å². The Bertz CT molecular complexity index is 656. The lowest BCUT2D eigenvalue weighted by Crippen LogP contribution is -2.27. The lowest BCUT2D eigenvalue weighted by molar-refractivity contribution is 0.0939. The molecular weight excluding hydrogens is 284 g/mol. The van der Waals surface area contributed by atoms with Gasteiger partial charge in [0.2, 0.25) is 0 Å². The van der Waals surface area contributed by atoms with Crippen LogP contribution in [0.25, 0.3) is 0 Å². The summed E-state index contributed by atoms with van der Waals surface area (Å²) in [5, 5.41) is 15.7. The summed E-state index contributed by atoms with van der Waals surface area (Å²) < 4.78 is 0. The Morgan fingerprint density at radius 1 is 1.52 bits per heavy atom. The number of aliphatic hydroxyl groups excluding tert-OH is 1. The van der Waals surface area contributed by atoms with Gasteiger partial charge in [0.1, 0.15) is 0 Å². The molecule has 21 heavy (non-hydrogen) atoms. The molecule has 0 aliphatic rings. The van der Waals surface area contributed by atoms with Crippen LogP contribution >= 0.6 is 11.3 Å². The van der Waals surface area contributed by atoms with Gasteiger partial charge in [-0.05, 0) is 35.4 Å². The van der Waals surface area contributed by atoms with Crippen molar-refractivity contribution in [3.8, 4) is 11.8 Å². The van der Waals surface area contributed by atoms with E-state index < -0.39 is 0 Å². The van der Waals surface area contributed by atoms with E-state index in [1.165, 1.54) is 0 Å². The van der Waals surface area contributed by atoms with Crippen molar-refractivity contribution in [1.29, 1.82) is 0 Å². The number of nitrogens with one attached hydrogen (secondary N) is 1. The first kappa shape index (κ1) is 15.2. The van der Waals surface area contributed by atoms with Gasteiger partial charge in [-0.25, -0.2) is 0 Å². The van der Waals surface area contributed by atoms with Crippen LogP contribution in [0, 0.1) is 11.8 Å². The minimum atomic E-state index is -0.176. The summed E-state index contributed by atoms with van der Waals surface area (Å²) in [6, 6.07) is 3.58. The number of nitrogens with zero attached hydrogens (tertiary/aromatic N) is 1. The smallest absolute Gasteiger partial charge is 0.253 e. The number of aromatic nitrogens is 1. The van der Waals surface area contributed by atoms with Crippen molar-refractivity contribution in [1.82, 2.24) is 10.3 Å². The topological polar surface area (TPSA) is 62.2 Å². The fraction of sp³-hybridized carbons (Fsp3) is 0.250. The van der Waals surface area contributed by atoms with Crippen LogP contribution in [0.15, 0.2) is 35.3 Å². The van der Waals surface area contributed by atoms with Crippen molar-refractivity contribution in [2.75, 3.05) is 6.61 Å². The summed E-state index contributed by atoms with van der Waals surface area (Å²) >= 11 is 1.60. The van der Waals surface area contributed by atoms with Crippen molar-refractivity contribution in [2.45, 2.75) is 19.4 Å². The van der Waals surface area contributed by atoms with Gasteiger partial charge in [-0.15, -0.1) is 0 Å². The van der Waals surface area contributed by atoms with Crippen molar-refractivity contribution < 1.29 is 9.90 Å². The molecule has 1 unspecified atom stereocenters. The second-order valence-electron chi connectivity index (χ2n) is 4.45. The Hall–Kier alpha value is -2.16. The Morgan fingerprint density at radius 2 is 2.38 bits per heavy atom. The normalized spacial score (nSPS) is 11.3. The average molecular weight is 300 g/mol. The maximum atomic E-state index is 12.4. The summed E-state index contributed by atoms with van der Waals surface area (Å²) in [6.07, 6.45) is 3.51. The number of rotatable bonds is 4. The van der Waals surface area contributed by atoms with Crippen molar-refractivity contribution >= 4 is 17.2 Å². The predicted octanol–water partition coefficient (Wildman–Crippen LogP) is 2.37. The molecule has 5 heteroatoms. The van der Waals surface area contributed by atoms with Gasteiger partial charge in [-0.1, -0.05) is 11.8 Å². The lowest BCUT2D eigenvalue weighted by Gasteiger charge is -2.13. The zero-order valence-corrected chi connectivity index (χ0v) is 12.5. The Kier molecular flexibility index (Phi) is 5.50. The van der Waals surface area contributed by atoms with Crippen LogP contribution < -0.4 is 5.32 Å². The summed E-state index contributed by atoms with van der Waals surface area (Å²) in [6.45, 7) is 1.95. The first-order valence-electron chi connectivity index (χ1n) is 6.59. The second-order valence-corrected chi connectivity index (χ2v) is 5.23. The molecule has 0 saturated carbocycles. The highest BCUT2D eigenvalue weighted by Crippen LogP contribution is 2.16. The van der Waals surface area contributed by atoms with Crippen LogP contribution in [0.4, 0.5) is 0 Å². The van der Waals surface area contributed by atoms with E-state index in [4.69, 9.17) is 5.11 Å². The number of carbonyl (C=O) groups excluding carboxylic acids is 1. The molecule has 0 spiro atoms. The van der Waals surface area contributed by atoms with E-state index in [9.17, 15) is 4.79 Å². The van der Waals surface area contributed by atoms with Crippen LogP contribution in [-0.4, -0.2) is 22.6 Å². The third-order valence-electron chi connectivity index (χ3n) is 2.92. The standard InChI is InChI=1S/C16H16N2O2S/c1-12(14-6-9-21-11-14)18-16(20)15-5-7-17-10-13(15)4-2-3-8-19/h5-7,9-12,19H,3,8H2,1H3,(H,18,20). The molecule has 108 valence electrons. The van der Waals surface area contributed by atoms with Gasteiger partial charge < -0.3 is 10.4 Å². The van der Waals surface area contributed by atoms with Crippen LogP contribution in [0.5, 0.6) is 0 Å². The monoisotopic (exact) mass is 300 g/mol. The third-order valence-corrected chi connectivity index (χ3v) is 3.62. The molecule has 2 aromatic heterocycles. The minimum absolute atomic E-state index is 0.00395. The van der Waals surface area contributed by atoms with E-state index >= 15 is 0 Å². The van der Waals surface area contributed by atoms with Gasteiger partial charge in [0.05, 0.1) is 23.8 Å². The van der Waals surface area contributed by atoms with E-state index in [0.29, 0.717) is 17.5 Å². The highest BCUT2D eigenvalue weighted by atomic mass is 32.1. The number of hydrogen-bond donors (Lipinski definition) is 2. The average Bonchev–Trinajstić information content (AvgIpc) is 3.02. The van der Waals surface area contributed by atoms with E-state index in [-0.39, 0.29) is 18.6 Å². The predicted molar refractivity (Wildman–Crippen MR) is 83.0 cm³/mol. The molecule has 0 aliphatic carbocycles. The number of carbonyl (C=O) groups is 1. The van der Waals surface area contributed by atoms with Gasteiger partial charge >= 0.3 is 0 Å². The molecule has 1 amide bonds. The number of hydrogen-bond acceptors (Lipinski definition) is 4. The first-order chi connectivity index (χ1) is 10.2. The van der Waals surface area contributed by atoms with E-state index in [1.54, 1.807) is 29.8 Å². The van der Waals surface area contributed by atoms with Crippen LogP contribution in [-0.2, 0) is 0 Å². The Balaban J connectivity index is 2.14. The molecule has 1 atom stereocenters. The van der Waals surface area contributed by atoms with Crippen LogP contribution in [0.3, 0.4) is 0 Å². The molecule has 0 bridgehead atoms. The van der Waals surface area contributed by atoms with Crippen LogP contribution in [0.1, 0.15) is 40.9 Å². The zero-order valence-electron chi connectivity index (χ0n) is 11.7. The van der Waals surface area contributed by atoms with E-state index in [0.717, 1.165) is 5.56 Å². The largest absolute Gasteiger partial charge is 0.395 e.